The van der Waals surface area contributed by atoms with Crippen LogP contribution in [0.15, 0.2) is 48.0 Å². The standard InChI is InChI=1S/C18H20N4S/c1-2-5-14(6-3-1)17-13-23-18(20-17)12-22-10-4-7-15(11-22)16-8-9-19-21-16/h1-3,5-6,8-9,13,15H,4,7,10-12H2,(H,19,21). The van der Waals surface area contributed by atoms with E-state index in [4.69, 9.17) is 4.98 Å². The largest absolute Gasteiger partial charge is 0.296 e. The van der Waals surface area contributed by atoms with Crippen molar-refractivity contribution < 1.29 is 0 Å². The molecule has 1 N–H and O–H groups in total. The molecule has 0 saturated carbocycles. The molecule has 1 atom stereocenters. The molecule has 1 fully saturated rings. The van der Waals surface area contributed by atoms with Gasteiger partial charge >= 0.3 is 0 Å². The summed E-state index contributed by atoms with van der Waals surface area (Å²) >= 11 is 1.76. The number of hydrogen-bond acceptors (Lipinski definition) is 4. The molecule has 1 saturated heterocycles. The first kappa shape index (κ1) is 14.6. The fourth-order valence-electron chi connectivity index (χ4n) is 3.26. The molecule has 4 rings (SSSR count). The van der Waals surface area contributed by atoms with Crippen molar-refractivity contribution >= 4 is 11.3 Å². The van der Waals surface area contributed by atoms with Gasteiger partial charge in [-0.25, -0.2) is 4.98 Å². The van der Waals surface area contributed by atoms with Gasteiger partial charge in [0.15, 0.2) is 0 Å². The van der Waals surface area contributed by atoms with Crippen LogP contribution in [0.5, 0.6) is 0 Å². The maximum atomic E-state index is 4.82. The third kappa shape index (κ3) is 3.35. The first-order valence-electron chi connectivity index (χ1n) is 8.10. The average molecular weight is 324 g/mol. The number of nitrogens with zero attached hydrogens (tertiary/aromatic N) is 3. The van der Waals surface area contributed by atoms with Crippen molar-refractivity contribution in [1.82, 2.24) is 20.1 Å². The molecule has 1 unspecified atom stereocenters. The number of aromatic amines is 1. The van der Waals surface area contributed by atoms with Gasteiger partial charge in [0.25, 0.3) is 0 Å². The van der Waals surface area contributed by atoms with Gasteiger partial charge in [0.2, 0.25) is 0 Å². The Morgan fingerprint density at radius 3 is 2.96 bits per heavy atom. The van der Waals surface area contributed by atoms with Gasteiger partial charge in [-0.2, -0.15) is 5.10 Å². The normalized spacial score (nSPS) is 19.0. The summed E-state index contributed by atoms with van der Waals surface area (Å²) < 4.78 is 0. The molecular formula is C18H20N4S. The highest BCUT2D eigenvalue weighted by Crippen LogP contribution is 2.28. The number of benzene rings is 1. The van der Waals surface area contributed by atoms with E-state index in [9.17, 15) is 0 Å². The van der Waals surface area contributed by atoms with Crippen LogP contribution in [0.3, 0.4) is 0 Å². The SMILES string of the molecule is c1ccc(-c2csc(CN3CCCC(c4ccn[nH]4)C3)n2)cc1. The van der Waals surface area contributed by atoms with E-state index < -0.39 is 0 Å². The molecule has 5 heteroatoms. The molecule has 23 heavy (non-hydrogen) atoms. The van der Waals surface area contributed by atoms with Crippen LogP contribution >= 0.6 is 11.3 Å². The molecule has 2 aromatic heterocycles. The molecule has 0 radical (unpaired) electrons. The van der Waals surface area contributed by atoms with E-state index in [0.717, 1.165) is 25.3 Å². The summed E-state index contributed by atoms with van der Waals surface area (Å²) in [6.07, 6.45) is 4.33. The summed E-state index contributed by atoms with van der Waals surface area (Å²) in [5.74, 6) is 0.569. The van der Waals surface area contributed by atoms with Gasteiger partial charge in [-0.15, -0.1) is 11.3 Å². The number of nitrogens with one attached hydrogen (secondary N) is 1. The minimum absolute atomic E-state index is 0.569. The lowest BCUT2D eigenvalue weighted by atomic mass is 9.95. The molecule has 118 valence electrons. The van der Waals surface area contributed by atoms with Crippen LogP contribution < -0.4 is 0 Å². The summed E-state index contributed by atoms with van der Waals surface area (Å²) in [5, 5.41) is 10.6. The number of piperidine rings is 1. The summed E-state index contributed by atoms with van der Waals surface area (Å²) in [7, 11) is 0. The van der Waals surface area contributed by atoms with Gasteiger partial charge in [-0.1, -0.05) is 30.3 Å². The summed E-state index contributed by atoms with van der Waals surface area (Å²) in [5.41, 5.74) is 3.55. The maximum Gasteiger partial charge on any atom is 0.107 e. The second-order valence-corrected chi connectivity index (χ2v) is 7.02. The molecule has 4 nitrogen and oxygen atoms in total. The van der Waals surface area contributed by atoms with Crippen LogP contribution in [0.2, 0.25) is 0 Å². The quantitative estimate of drug-likeness (QED) is 0.791. The van der Waals surface area contributed by atoms with Gasteiger partial charge in [-0.3, -0.25) is 10.00 Å². The van der Waals surface area contributed by atoms with Gasteiger partial charge in [0, 0.05) is 35.3 Å². The molecule has 0 amide bonds. The Kier molecular flexibility index (Phi) is 4.22. The Balaban J connectivity index is 1.43. The Hall–Kier alpha value is -1.98. The van der Waals surface area contributed by atoms with Gasteiger partial charge in [0.1, 0.15) is 5.01 Å². The van der Waals surface area contributed by atoms with Crippen LogP contribution in [-0.4, -0.2) is 33.2 Å². The van der Waals surface area contributed by atoms with Crippen LogP contribution in [0.1, 0.15) is 29.5 Å². The lowest BCUT2D eigenvalue weighted by Gasteiger charge is -2.31. The minimum atomic E-state index is 0.569. The third-order valence-corrected chi connectivity index (χ3v) is 5.28. The van der Waals surface area contributed by atoms with Crippen LogP contribution in [0.4, 0.5) is 0 Å². The van der Waals surface area contributed by atoms with Crippen LogP contribution in [0, 0.1) is 0 Å². The van der Waals surface area contributed by atoms with E-state index in [2.05, 4.69) is 50.8 Å². The van der Waals surface area contributed by atoms with E-state index >= 15 is 0 Å². The zero-order chi connectivity index (χ0) is 15.5. The lowest BCUT2D eigenvalue weighted by Crippen LogP contribution is -2.34. The molecule has 1 aliphatic rings. The second kappa shape index (κ2) is 6.64. The fraction of sp³-hybridized carbons (Fsp3) is 0.333. The van der Waals surface area contributed by atoms with E-state index in [1.165, 1.54) is 29.1 Å². The smallest absolute Gasteiger partial charge is 0.107 e. The van der Waals surface area contributed by atoms with E-state index in [1.807, 2.05) is 12.3 Å². The van der Waals surface area contributed by atoms with Crippen LogP contribution in [-0.2, 0) is 6.54 Å². The number of thiazole rings is 1. The van der Waals surface area contributed by atoms with Crippen molar-refractivity contribution in [3.05, 3.63) is 58.7 Å². The maximum absolute atomic E-state index is 4.82. The molecule has 3 aromatic rings. The summed E-state index contributed by atoms with van der Waals surface area (Å²) in [6, 6.07) is 12.5. The van der Waals surface area contributed by atoms with Crippen molar-refractivity contribution in [1.29, 1.82) is 0 Å². The predicted molar refractivity (Wildman–Crippen MR) is 93.4 cm³/mol. The van der Waals surface area contributed by atoms with Crippen molar-refractivity contribution in [2.24, 2.45) is 0 Å². The van der Waals surface area contributed by atoms with Crippen molar-refractivity contribution in [3.8, 4) is 11.3 Å². The Labute approximate surface area is 140 Å². The number of aromatic nitrogens is 3. The van der Waals surface area contributed by atoms with Gasteiger partial charge < -0.3 is 0 Å². The molecule has 0 spiro atoms. The van der Waals surface area contributed by atoms with Crippen molar-refractivity contribution in [3.63, 3.8) is 0 Å². The second-order valence-electron chi connectivity index (χ2n) is 6.08. The molecule has 1 aromatic carbocycles. The number of H-pyrrole nitrogens is 1. The Morgan fingerprint density at radius 2 is 2.13 bits per heavy atom. The third-order valence-electron chi connectivity index (χ3n) is 4.45. The summed E-state index contributed by atoms with van der Waals surface area (Å²) in [4.78, 5) is 7.34. The van der Waals surface area contributed by atoms with Gasteiger partial charge in [0.05, 0.1) is 12.2 Å². The first-order valence-corrected chi connectivity index (χ1v) is 8.98. The average Bonchev–Trinajstić information content (AvgIpc) is 3.28. The zero-order valence-corrected chi connectivity index (χ0v) is 13.8. The highest BCUT2D eigenvalue weighted by Gasteiger charge is 2.23. The first-order chi connectivity index (χ1) is 11.4. The minimum Gasteiger partial charge on any atom is -0.296 e. The monoisotopic (exact) mass is 324 g/mol. The molecule has 0 aliphatic carbocycles. The Morgan fingerprint density at radius 1 is 1.22 bits per heavy atom. The molecule has 3 heterocycles. The lowest BCUT2D eigenvalue weighted by molar-refractivity contribution is 0.198. The fourth-order valence-corrected chi connectivity index (χ4v) is 4.11. The van der Waals surface area contributed by atoms with Crippen LogP contribution in [0.25, 0.3) is 11.3 Å². The van der Waals surface area contributed by atoms with Crippen molar-refractivity contribution in [2.45, 2.75) is 25.3 Å². The molecule has 0 bridgehead atoms. The highest BCUT2D eigenvalue weighted by atomic mass is 32.1. The van der Waals surface area contributed by atoms with E-state index in [1.54, 1.807) is 11.3 Å². The van der Waals surface area contributed by atoms with Crippen molar-refractivity contribution in [2.75, 3.05) is 13.1 Å². The number of likely N-dealkylation sites (tertiary alicyclic amines) is 1. The summed E-state index contributed by atoms with van der Waals surface area (Å²) in [6.45, 7) is 3.19. The van der Waals surface area contributed by atoms with E-state index in [-0.39, 0.29) is 0 Å². The topological polar surface area (TPSA) is 44.8 Å². The zero-order valence-electron chi connectivity index (χ0n) is 13.0. The number of hydrogen-bond donors (Lipinski definition) is 1. The molecule has 1 aliphatic heterocycles. The van der Waals surface area contributed by atoms with E-state index in [0.29, 0.717) is 5.92 Å². The number of rotatable bonds is 4. The molecular weight excluding hydrogens is 304 g/mol. The van der Waals surface area contributed by atoms with Gasteiger partial charge in [-0.05, 0) is 25.5 Å². The Bertz CT molecular complexity index is 735. The predicted octanol–water partition coefficient (Wildman–Crippen LogP) is 3.91. The highest BCUT2D eigenvalue weighted by molar-refractivity contribution is 7.09.